The summed E-state index contributed by atoms with van der Waals surface area (Å²) in [6.45, 7) is 4.15. The molecule has 0 heterocycles. The third-order valence-corrected chi connectivity index (χ3v) is 2.83. The smallest absolute Gasteiger partial charge is 0.137 e. The van der Waals surface area contributed by atoms with Crippen LogP contribution in [0.15, 0.2) is 18.2 Å². The van der Waals surface area contributed by atoms with Crippen LogP contribution in [0.1, 0.15) is 29.5 Å². The van der Waals surface area contributed by atoms with Crippen molar-refractivity contribution in [1.82, 2.24) is 0 Å². The Morgan fingerprint density at radius 1 is 1.27 bits per heavy atom. The van der Waals surface area contributed by atoms with E-state index in [4.69, 9.17) is 11.6 Å². The van der Waals surface area contributed by atoms with Crippen molar-refractivity contribution in [2.45, 2.75) is 33.1 Å². The molecule has 0 atom stereocenters. The molecule has 0 amide bonds. The van der Waals surface area contributed by atoms with Crippen LogP contribution in [-0.4, -0.2) is 11.7 Å². The molecule has 0 aliphatic rings. The molecule has 1 nitrogen and oxygen atoms in total. The molecule has 0 unspecified atom stereocenters. The fourth-order valence-corrected chi connectivity index (χ4v) is 1.63. The van der Waals surface area contributed by atoms with Crippen molar-refractivity contribution in [1.29, 1.82) is 0 Å². The lowest BCUT2D eigenvalue weighted by Gasteiger charge is -2.04. The molecule has 15 heavy (non-hydrogen) atoms. The second-order valence-electron chi connectivity index (χ2n) is 3.93. The monoisotopic (exact) mass is 224 g/mol. The van der Waals surface area contributed by atoms with E-state index in [1.54, 1.807) is 0 Å². The summed E-state index contributed by atoms with van der Waals surface area (Å²) in [5, 5.41) is 0. The summed E-state index contributed by atoms with van der Waals surface area (Å²) in [7, 11) is 0. The first-order valence-corrected chi connectivity index (χ1v) is 5.80. The summed E-state index contributed by atoms with van der Waals surface area (Å²) in [5.74, 6) is 0.845. The minimum absolute atomic E-state index is 0.277. The molecule has 0 saturated carbocycles. The standard InChI is InChI=1S/C13H17ClO/c1-10-5-6-12(8-11(10)2)9-13(15)4-3-7-14/h5-6,8H,3-4,7,9H2,1-2H3. The Morgan fingerprint density at radius 3 is 2.60 bits per heavy atom. The van der Waals surface area contributed by atoms with E-state index in [1.165, 1.54) is 11.1 Å². The van der Waals surface area contributed by atoms with Gasteiger partial charge in [0.15, 0.2) is 0 Å². The van der Waals surface area contributed by atoms with Gasteiger partial charge in [0.05, 0.1) is 0 Å². The van der Waals surface area contributed by atoms with Gasteiger partial charge in [0.1, 0.15) is 5.78 Å². The van der Waals surface area contributed by atoms with E-state index in [9.17, 15) is 4.79 Å². The van der Waals surface area contributed by atoms with Crippen LogP contribution in [-0.2, 0) is 11.2 Å². The number of alkyl halides is 1. The van der Waals surface area contributed by atoms with Gasteiger partial charge in [-0.15, -0.1) is 11.6 Å². The van der Waals surface area contributed by atoms with Crippen LogP contribution in [0.5, 0.6) is 0 Å². The van der Waals surface area contributed by atoms with E-state index >= 15 is 0 Å². The quantitative estimate of drug-likeness (QED) is 0.701. The molecule has 82 valence electrons. The maximum atomic E-state index is 11.5. The maximum Gasteiger partial charge on any atom is 0.137 e. The molecule has 0 spiro atoms. The Hall–Kier alpha value is -0.820. The third kappa shape index (κ3) is 4.05. The van der Waals surface area contributed by atoms with Crippen molar-refractivity contribution in [2.24, 2.45) is 0 Å². The van der Waals surface area contributed by atoms with Gasteiger partial charge >= 0.3 is 0 Å². The highest BCUT2D eigenvalue weighted by Crippen LogP contribution is 2.11. The van der Waals surface area contributed by atoms with Crippen molar-refractivity contribution >= 4 is 17.4 Å². The highest BCUT2D eigenvalue weighted by Gasteiger charge is 2.04. The highest BCUT2D eigenvalue weighted by molar-refractivity contribution is 6.17. The average Bonchev–Trinajstić information content (AvgIpc) is 2.20. The maximum absolute atomic E-state index is 11.5. The Kier molecular flexibility index (Phi) is 4.83. The molecule has 0 saturated heterocycles. The fourth-order valence-electron chi connectivity index (χ4n) is 1.49. The molecule has 0 aromatic heterocycles. The van der Waals surface area contributed by atoms with Crippen molar-refractivity contribution in [3.63, 3.8) is 0 Å². The van der Waals surface area contributed by atoms with Crippen molar-refractivity contribution < 1.29 is 4.79 Å². The van der Waals surface area contributed by atoms with E-state index in [2.05, 4.69) is 26.0 Å². The van der Waals surface area contributed by atoms with E-state index in [0.29, 0.717) is 18.7 Å². The molecule has 0 aliphatic carbocycles. The SMILES string of the molecule is Cc1ccc(CC(=O)CCCCl)cc1C. The molecule has 0 N–H and O–H groups in total. The van der Waals surface area contributed by atoms with E-state index in [-0.39, 0.29) is 5.78 Å². The summed E-state index contributed by atoms with van der Waals surface area (Å²) in [4.78, 5) is 11.5. The van der Waals surface area contributed by atoms with Gasteiger partial charge in [0.25, 0.3) is 0 Å². The van der Waals surface area contributed by atoms with E-state index in [0.717, 1.165) is 12.0 Å². The van der Waals surface area contributed by atoms with Gasteiger partial charge in [-0.3, -0.25) is 4.79 Å². The van der Waals surface area contributed by atoms with E-state index < -0.39 is 0 Å². The van der Waals surface area contributed by atoms with Crippen molar-refractivity contribution in [2.75, 3.05) is 5.88 Å². The minimum Gasteiger partial charge on any atom is -0.299 e. The van der Waals surface area contributed by atoms with Crippen LogP contribution < -0.4 is 0 Å². The molecule has 0 radical (unpaired) electrons. The second-order valence-corrected chi connectivity index (χ2v) is 4.30. The topological polar surface area (TPSA) is 17.1 Å². The Morgan fingerprint density at radius 2 is 2.00 bits per heavy atom. The molecule has 0 aliphatic heterocycles. The first-order valence-electron chi connectivity index (χ1n) is 5.27. The van der Waals surface area contributed by atoms with Crippen LogP contribution in [0.3, 0.4) is 0 Å². The second kappa shape index (κ2) is 5.92. The number of halogens is 1. The number of aryl methyl sites for hydroxylation is 2. The number of carbonyl (C=O) groups excluding carboxylic acids is 1. The van der Waals surface area contributed by atoms with Gasteiger partial charge in [0.2, 0.25) is 0 Å². The van der Waals surface area contributed by atoms with Gasteiger partial charge in [0, 0.05) is 18.7 Å². The summed E-state index contributed by atoms with van der Waals surface area (Å²) < 4.78 is 0. The normalized spacial score (nSPS) is 10.3. The number of hydrogen-bond donors (Lipinski definition) is 0. The zero-order valence-corrected chi connectivity index (χ0v) is 10.1. The van der Waals surface area contributed by atoms with Crippen LogP contribution in [0, 0.1) is 13.8 Å². The first-order chi connectivity index (χ1) is 7.13. The molecule has 1 rings (SSSR count). The Bertz CT molecular complexity index is 344. The summed E-state index contributed by atoms with van der Waals surface area (Å²) in [5.41, 5.74) is 3.63. The lowest BCUT2D eigenvalue weighted by molar-refractivity contribution is -0.118. The van der Waals surface area contributed by atoms with Crippen molar-refractivity contribution in [3.8, 4) is 0 Å². The number of hydrogen-bond acceptors (Lipinski definition) is 1. The number of benzene rings is 1. The average molecular weight is 225 g/mol. The van der Waals surface area contributed by atoms with Gasteiger partial charge < -0.3 is 0 Å². The van der Waals surface area contributed by atoms with Gasteiger partial charge in [-0.05, 0) is 37.0 Å². The predicted octanol–water partition coefficient (Wildman–Crippen LogP) is 3.43. The minimum atomic E-state index is 0.277. The molecule has 1 aromatic carbocycles. The van der Waals surface area contributed by atoms with Crippen LogP contribution in [0.4, 0.5) is 0 Å². The zero-order chi connectivity index (χ0) is 11.3. The Balaban J connectivity index is 2.57. The van der Waals surface area contributed by atoms with Gasteiger partial charge in [-0.2, -0.15) is 0 Å². The molecule has 2 heteroatoms. The lowest BCUT2D eigenvalue weighted by Crippen LogP contribution is -2.03. The number of Topliss-reactive ketones (excluding diaryl/α,β-unsaturated/α-hetero) is 1. The highest BCUT2D eigenvalue weighted by atomic mass is 35.5. The largest absolute Gasteiger partial charge is 0.299 e. The van der Waals surface area contributed by atoms with Crippen LogP contribution in [0.2, 0.25) is 0 Å². The zero-order valence-electron chi connectivity index (χ0n) is 9.35. The molecular weight excluding hydrogens is 208 g/mol. The summed E-state index contributed by atoms with van der Waals surface area (Å²) in [6, 6.07) is 6.19. The summed E-state index contributed by atoms with van der Waals surface area (Å²) in [6.07, 6.45) is 1.92. The number of ketones is 1. The molecule has 0 fully saturated rings. The Labute approximate surface area is 96.5 Å². The number of rotatable bonds is 5. The van der Waals surface area contributed by atoms with Crippen LogP contribution in [0.25, 0.3) is 0 Å². The first kappa shape index (κ1) is 12.3. The van der Waals surface area contributed by atoms with Crippen LogP contribution >= 0.6 is 11.6 Å². The van der Waals surface area contributed by atoms with E-state index in [1.807, 2.05) is 6.07 Å². The third-order valence-electron chi connectivity index (χ3n) is 2.56. The molecule has 1 aromatic rings. The number of carbonyl (C=O) groups is 1. The van der Waals surface area contributed by atoms with Gasteiger partial charge in [-0.1, -0.05) is 18.2 Å². The molecule has 0 bridgehead atoms. The predicted molar refractivity (Wildman–Crippen MR) is 64.6 cm³/mol. The van der Waals surface area contributed by atoms with Crippen molar-refractivity contribution in [3.05, 3.63) is 34.9 Å². The molecular formula is C13H17ClO. The lowest BCUT2D eigenvalue weighted by atomic mass is 10.0. The fraction of sp³-hybridized carbons (Fsp3) is 0.462. The summed E-state index contributed by atoms with van der Waals surface area (Å²) >= 11 is 5.54. The van der Waals surface area contributed by atoms with Gasteiger partial charge in [-0.25, -0.2) is 0 Å².